The van der Waals surface area contributed by atoms with Gasteiger partial charge >= 0.3 is 5.97 Å². The molecule has 6 nitrogen and oxygen atoms in total. The summed E-state index contributed by atoms with van der Waals surface area (Å²) >= 11 is 11.6. The molecule has 2 heterocycles. The Balaban J connectivity index is 2.13. The first-order chi connectivity index (χ1) is 10.8. The van der Waals surface area contributed by atoms with Gasteiger partial charge in [-0.2, -0.15) is 0 Å². The van der Waals surface area contributed by atoms with Gasteiger partial charge in [-0.3, -0.25) is 9.10 Å². The van der Waals surface area contributed by atoms with Crippen molar-refractivity contribution < 1.29 is 18.3 Å². The molecule has 1 atom stereocenters. The number of carboxylic acids is 1. The van der Waals surface area contributed by atoms with Crippen molar-refractivity contribution in [2.24, 2.45) is 0 Å². The summed E-state index contributed by atoms with van der Waals surface area (Å²) in [7, 11) is -4.05. The fourth-order valence-electron chi connectivity index (χ4n) is 2.52. The number of nitrogens with zero attached hydrogens (tertiary/aromatic N) is 2. The first kappa shape index (κ1) is 16.0. The lowest BCUT2D eigenvalue weighted by Gasteiger charge is -2.20. The van der Waals surface area contributed by atoms with Crippen molar-refractivity contribution in [1.29, 1.82) is 0 Å². The summed E-state index contributed by atoms with van der Waals surface area (Å²) in [6.07, 6.45) is 0. The van der Waals surface area contributed by atoms with Gasteiger partial charge < -0.3 is 5.11 Å². The molecule has 0 bridgehead atoms. The van der Waals surface area contributed by atoms with Crippen LogP contribution in [0.1, 0.15) is 11.5 Å². The van der Waals surface area contributed by atoms with Gasteiger partial charge in [-0.15, -0.1) is 0 Å². The maximum absolute atomic E-state index is 12.9. The van der Waals surface area contributed by atoms with Crippen LogP contribution >= 0.6 is 23.2 Å². The lowest BCUT2D eigenvalue weighted by Crippen LogP contribution is -2.31. The minimum absolute atomic E-state index is 0.0687. The van der Waals surface area contributed by atoms with Crippen LogP contribution in [0.15, 0.2) is 41.3 Å². The molecule has 0 spiro atoms. The zero-order chi connectivity index (χ0) is 16.8. The second kappa shape index (κ2) is 5.67. The molecule has 120 valence electrons. The van der Waals surface area contributed by atoms with Crippen LogP contribution in [-0.4, -0.2) is 31.0 Å². The molecule has 1 N–H and O–H groups in total. The highest BCUT2D eigenvalue weighted by Gasteiger charge is 2.40. The van der Waals surface area contributed by atoms with E-state index in [1.807, 2.05) is 0 Å². The highest BCUT2D eigenvalue weighted by molar-refractivity contribution is 7.93. The summed E-state index contributed by atoms with van der Waals surface area (Å²) < 4.78 is 26.8. The quantitative estimate of drug-likeness (QED) is 0.836. The number of carboxylic acid groups (broad SMARTS) is 1. The minimum atomic E-state index is -4.05. The normalized spacial score (nSPS) is 17.1. The number of rotatable bonds is 3. The van der Waals surface area contributed by atoms with Crippen molar-refractivity contribution >= 4 is 44.9 Å². The van der Waals surface area contributed by atoms with Gasteiger partial charge in [-0.25, -0.2) is 13.4 Å². The summed E-state index contributed by atoms with van der Waals surface area (Å²) in [5, 5.41) is 9.14. The van der Waals surface area contributed by atoms with Crippen molar-refractivity contribution in [1.82, 2.24) is 4.98 Å². The van der Waals surface area contributed by atoms with E-state index in [1.165, 1.54) is 12.1 Å². The summed E-state index contributed by atoms with van der Waals surface area (Å²) in [5.41, 5.74) is 0.771. The number of sulfonamides is 1. The molecule has 2 aromatic rings. The fourth-order valence-corrected chi connectivity index (χ4v) is 4.66. The second-order valence-electron chi connectivity index (χ2n) is 4.91. The molecule has 0 fully saturated rings. The van der Waals surface area contributed by atoms with Gasteiger partial charge in [-0.05, 0) is 23.8 Å². The Morgan fingerprint density at radius 2 is 1.91 bits per heavy atom. The first-order valence-electron chi connectivity index (χ1n) is 6.49. The second-order valence-corrected chi connectivity index (χ2v) is 7.48. The monoisotopic (exact) mass is 372 g/mol. The first-order valence-corrected chi connectivity index (χ1v) is 8.68. The largest absolute Gasteiger partial charge is 0.481 e. The number of hydrogen-bond acceptors (Lipinski definition) is 4. The number of hydrogen-bond donors (Lipinski definition) is 1. The zero-order valence-corrected chi connectivity index (χ0v) is 13.8. The van der Waals surface area contributed by atoms with Gasteiger partial charge in [0.1, 0.15) is 16.0 Å². The van der Waals surface area contributed by atoms with Gasteiger partial charge in [-0.1, -0.05) is 41.4 Å². The molecule has 1 aliphatic rings. The van der Waals surface area contributed by atoms with Crippen LogP contribution in [0.25, 0.3) is 0 Å². The Hall–Kier alpha value is -1.83. The van der Waals surface area contributed by atoms with Crippen LogP contribution in [0.2, 0.25) is 10.3 Å². The lowest BCUT2D eigenvalue weighted by molar-refractivity contribution is -0.138. The van der Waals surface area contributed by atoms with Crippen molar-refractivity contribution in [2.45, 2.75) is 10.8 Å². The van der Waals surface area contributed by atoms with Crippen molar-refractivity contribution in [3.8, 4) is 0 Å². The average Bonchev–Trinajstić information content (AvgIpc) is 2.87. The molecule has 1 aliphatic heterocycles. The number of pyridine rings is 1. The Bertz CT molecular complexity index is 901. The highest BCUT2D eigenvalue weighted by atomic mass is 35.5. The Labute approximate surface area is 142 Å². The topological polar surface area (TPSA) is 87.6 Å². The zero-order valence-electron chi connectivity index (χ0n) is 11.5. The Kier molecular flexibility index (Phi) is 3.95. The number of aliphatic carboxylic acids is 1. The molecule has 23 heavy (non-hydrogen) atoms. The van der Waals surface area contributed by atoms with Crippen molar-refractivity contribution in [3.05, 3.63) is 52.3 Å². The van der Waals surface area contributed by atoms with Crippen LogP contribution in [0.3, 0.4) is 0 Å². The molecule has 0 amide bonds. The van der Waals surface area contributed by atoms with Crippen LogP contribution in [-0.2, 0) is 14.8 Å². The molecular formula is C14H10Cl2N2O4S. The Morgan fingerprint density at radius 3 is 2.57 bits per heavy atom. The van der Waals surface area contributed by atoms with Crippen molar-refractivity contribution in [3.63, 3.8) is 0 Å². The molecule has 0 radical (unpaired) electrons. The maximum atomic E-state index is 12.9. The standard InChI is InChI=1S/C14H10Cl2N2O4S/c15-12-6-5-11(13(16)17-12)23(21,22)18-7-9(14(19)20)8-3-1-2-4-10(8)18/h1-6,9H,7H2,(H,19,20). The third-order valence-electron chi connectivity index (χ3n) is 3.58. The smallest absolute Gasteiger partial charge is 0.312 e. The van der Waals surface area contributed by atoms with E-state index >= 15 is 0 Å². The maximum Gasteiger partial charge on any atom is 0.312 e. The molecule has 9 heteroatoms. The third kappa shape index (κ3) is 2.65. The molecule has 0 saturated heterocycles. The van der Waals surface area contributed by atoms with Crippen LogP contribution < -0.4 is 4.31 Å². The lowest BCUT2D eigenvalue weighted by atomic mass is 10.0. The van der Waals surface area contributed by atoms with Crippen molar-refractivity contribution in [2.75, 3.05) is 10.8 Å². The molecule has 1 unspecified atom stereocenters. The van der Waals surface area contributed by atoms with E-state index in [-0.39, 0.29) is 21.7 Å². The van der Waals surface area contributed by atoms with E-state index in [9.17, 15) is 18.3 Å². The molecule has 1 aromatic heterocycles. The van der Waals surface area contributed by atoms with Gasteiger partial charge in [0.25, 0.3) is 10.0 Å². The van der Waals surface area contributed by atoms with Crippen LogP contribution in [0, 0.1) is 0 Å². The molecule has 3 rings (SSSR count). The van der Waals surface area contributed by atoms with E-state index in [4.69, 9.17) is 23.2 Å². The number of carbonyl (C=O) groups is 1. The predicted molar refractivity (Wildman–Crippen MR) is 85.6 cm³/mol. The number of halogens is 2. The molecular weight excluding hydrogens is 363 g/mol. The number of benzene rings is 1. The number of anilines is 1. The molecule has 1 aromatic carbocycles. The summed E-state index contributed by atoms with van der Waals surface area (Å²) in [6.45, 7) is -0.198. The number of aromatic nitrogens is 1. The van der Waals surface area contributed by atoms with E-state index in [2.05, 4.69) is 4.98 Å². The summed E-state index contributed by atoms with van der Waals surface area (Å²) in [6, 6.07) is 9.05. The molecule has 0 aliphatic carbocycles. The Morgan fingerprint density at radius 1 is 1.22 bits per heavy atom. The minimum Gasteiger partial charge on any atom is -0.481 e. The molecule has 0 saturated carbocycles. The van der Waals surface area contributed by atoms with Gasteiger partial charge in [0.2, 0.25) is 0 Å². The van der Waals surface area contributed by atoms with Crippen LogP contribution in [0.5, 0.6) is 0 Å². The van der Waals surface area contributed by atoms with E-state index in [0.717, 1.165) is 4.31 Å². The van der Waals surface area contributed by atoms with Gasteiger partial charge in [0.05, 0.1) is 12.2 Å². The average molecular weight is 373 g/mol. The predicted octanol–water partition coefficient (Wildman–Crippen LogP) is 2.77. The number of fused-ring (bicyclic) bond motifs is 1. The summed E-state index contributed by atoms with van der Waals surface area (Å²) in [4.78, 5) is 14.9. The van der Waals surface area contributed by atoms with E-state index in [0.29, 0.717) is 11.3 Å². The van der Waals surface area contributed by atoms with E-state index in [1.54, 1.807) is 24.3 Å². The van der Waals surface area contributed by atoms with Crippen LogP contribution in [0.4, 0.5) is 5.69 Å². The SMILES string of the molecule is O=C(O)C1CN(S(=O)(=O)c2ccc(Cl)nc2Cl)c2ccccc21. The third-order valence-corrected chi connectivity index (χ3v) is 6.00. The highest BCUT2D eigenvalue weighted by Crippen LogP contribution is 2.40. The van der Waals surface area contributed by atoms with E-state index < -0.39 is 21.9 Å². The fraction of sp³-hybridized carbons (Fsp3) is 0.143. The van der Waals surface area contributed by atoms with Gasteiger partial charge in [0.15, 0.2) is 5.15 Å². The number of para-hydroxylation sites is 1. The summed E-state index contributed by atoms with van der Waals surface area (Å²) in [5.74, 6) is -2.02. The van der Waals surface area contributed by atoms with Gasteiger partial charge in [0, 0.05) is 0 Å².